The van der Waals surface area contributed by atoms with Crippen LogP contribution in [0.15, 0.2) is 24.3 Å². The highest BCUT2D eigenvalue weighted by atomic mass is 79.9. The van der Waals surface area contributed by atoms with Gasteiger partial charge in [-0.05, 0) is 37.6 Å². The third-order valence-corrected chi connectivity index (χ3v) is 3.56. The molecule has 1 heterocycles. The van der Waals surface area contributed by atoms with E-state index in [9.17, 15) is 8.78 Å². The summed E-state index contributed by atoms with van der Waals surface area (Å²) in [7, 11) is 0. The zero-order chi connectivity index (χ0) is 14.0. The summed E-state index contributed by atoms with van der Waals surface area (Å²) in [4.78, 5) is 4.14. The molecule has 0 amide bonds. The Bertz CT molecular complexity index is 617. The molecular formula is C14H10BrClF2N. The fraction of sp³-hybridized carbons (Fsp3) is 0.143. The zero-order valence-corrected chi connectivity index (χ0v) is 12.2. The minimum Gasteiger partial charge on any atom is -0.254 e. The van der Waals surface area contributed by atoms with Crippen LogP contribution in [0, 0.1) is 18.6 Å². The average Bonchev–Trinajstić information content (AvgIpc) is 2.40. The van der Waals surface area contributed by atoms with Gasteiger partial charge in [-0.25, -0.2) is 8.78 Å². The van der Waals surface area contributed by atoms with Crippen LogP contribution in [0.5, 0.6) is 0 Å². The summed E-state index contributed by atoms with van der Waals surface area (Å²) >= 11 is 9.26. The number of halogens is 4. The van der Waals surface area contributed by atoms with E-state index >= 15 is 0 Å². The van der Waals surface area contributed by atoms with Gasteiger partial charge in [-0.2, -0.15) is 0 Å². The fourth-order valence-electron chi connectivity index (χ4n) is 1.78. The van der Waals surface area contributed by atoms with Gasteiger partial charge in [-0.3, -0.25) is 4.98 Å². The molecule has 0 aliphatic rings. The van der Waals surface area contributed by atoms with Crippen LogP contribution in [-0.4, -0.2) is 4.98 Å². The van der Waals surface area contributed by atoms with E-state index in [2.05, 4.69) is 27.8 Å². The van der Waals surface area contributed by atoms with Gasteiger partial charge >= 0.3 is 0 Å². The molecule has 0 bridgehead atoms. The number of aromatic nitrogens is 1. The first-order valence-electron chi connectivity index (χ1n) is 5.55. The van der Waals surface area contributed by atoms with E-state index in [-0.39, 0.29) is 17.1 Å². The lowest BCUT2D eigenvalue weighted by Gasteiger charge is -2.10. The van der Waals surface area contributed by atoms with Gasteiger partial charge in [0.05, 0.1) is 16.4 Å². The van der Waals surface area contributed by atoms with Gasteiger partial charge in [0.15, 0.2) is 5.82 Å². The van der Waals surface area contributed by atoms with Crippen LogP contribution in [0.25, 0.3) is 11.1 Å². The molecule has 0 N–H and O–H groups in total. The minimum absolute atomic E-state index is 0.167. The van der Waals surface area contributed by atoms with Gasteiger partial charge in [-0.15, -0.1) is 0 Å². The topological polar surface area (TPSA) is 12.9 Å². The highest BCUT2D eigenvalue weighted by molar-refractivity contribution is 9.08. The van der Waals surface area contributed by atoms with E-state index in [1.807, 2.05) is 0 Å². The van der Waals surface area contributed by atoms with Crippen molar-refractivity contribution in [3.63, 3.8) is 0 Å². The lowest BCUT2D eigenvalue weighted by atomic mass is 10.0. The summed E-state index contributed by atoms with van der Waals surface area (Å²) in [5, 5.41) is 0.659. The molecule has 0 spiro atoms. The Morgan fingerprint density at radius 3 is 2.53 bits per heavy atom. The summed E-state index contributed by atoms with van der Waals surface area (Å²) in [6, 6.07) is 5.47. The number of pyridine rings is 1. The summed E-state index contributed by atoms with van der Waals surface area (Å²) in [5.74, 6) is -0.922. The maximum atomic E-state index is 14.3. The molecule has 19 heavy (non-hydrogen) atoms. The van der Waals surface area contributed by atoms with Crippen LogP contribution in [-0.2, 0) is 11.8 Å². The van der Waals surface area contributed by atoms with Crippen molar-refractivity contribution in [2.24, 2.45) is 0 Å². The third-order valence-electron chi connectivity index (χ3n) is 2.67. The van der Waals surface area contributed by atoms with E-state index < -0.39 is 11.6 Å². The second-order valence-electron chi connectivity index (χ2n) is 3.93. The Kier molecular flexibility index (Phi) is 4.53. The predicted molar refractivity (Wildman–Crippen MR) is 76.3 cm³/mol. The molecule has 1 nitrogen and oxygen atoms in total. The van der Waals surface area contributed by atoms with Crippen molar-refractivity contribution in [3.05, 3.63) is 59.2 Å². The number of alkyl halides is 1. The Labute approximate surface area is 123 Å². The van der Waals surface area contributed by atoms with Crippen molar-refractivity contribution in [3.8, 4) is 11.1 Å². The Balaban J connectivity index is 2.66. The highest BCUT2D eigenvalue weighted by Crippen LogP contribution is 2.32. The summed E-state index contributed by atoms with van der Waals surface area (Å²) in [6.45, 7) is 3.65. The molecule has 1 aromatic carbocycles. The Morgan fingerprint density at radius 2 is 1.95 bits per heavy atom. The van der Waals surface area contributed by atoms with Crippen molar-refractivity contribution in [1.82, 2.24) is 4.98 Å². The van der Waals surface area contributed by atoms with Crippen molar-refractivity contribution in [2.45, 2.75) is 11.8 Å². The van der Waals surface area contributed by atoms with Crippen LogP contribution in [0.3, 0.4) is 0 Å². The van der Waals surface area contributed by atoms with Gasteiger partial charge in [0.2, 0.25) is 0 Å². The first kappa shape index (κ1) is 14.4. The van der Waals surface area contributed by atoms with Gasteiger partial charge in [0.25, 0.3) is 0 Å². The molecule has 0 saturated carbocycles. The first-order chi connectivity index (χ1) is 9.06. The maximum Gasteiger partial charge on any atom is 0.152 e. The van der Waals surface area contributed by atoms with Crippen molar-refractivity contribution < 1.29 is 8.78 Å². The van der Waals surface area contributed by atoms with Gasteiger partial charge in [0, 0.05) is 16.5 Å². The summed E-state index contributed by atoms with van der Waals surface area (Å²) in [6.07, 6.45) is 0.235. The molecule has 5 heteroatoms. The van der Waals surface area contributed by atoms with E-state index in [1.54, 1.807) is 6.07 Å². The molecule has 0 aliphatic carbocycles. The molecule has 0 fully saturated rings. The van der Waals surface area contributed by atoms with Crippen LogP contribution < -0.4 is 0 Å². The first-order valence-corrected chi connectivity index (χ1v) is 7.05. The van der Waals surface area contributed by atoms with Gasteiger partial charge in [0.1, 0.15) is 5.82 Å². The molecule has 0 aliphatic heterocycles. The lowest BCUT2D eigenvalue weighted by molar-refractivity contribution is 0.606. The molecular weight excluding hydrogens is 336 g/mol. The largest absolute Gasteiger partial charge is 0.254 e. The van der Waals surface area contributed by atoms with Gasteiger partial charge < -0.3 is 0 Å². The molecule has 0 unspecified atom stereocenters. The number of benzene rings is 1. The monoisotopic (exact) mass is 344 g/mol. The molecule has 1 radical (unpaired) electrons. The van der Waals surface area contributed by atoms with Crippen molar-refractivity contribution >= 4 is 27.5 Å². The highest BCUT2D eigenvalue weighted by Gasteiger charge is 2.15. The van der Waals surface area contributed by atoms with Crippen molar-refractivity contribution in [1.29, 1.82) is 0 Å². The van der Waals surface area contributed by atoms with Crippen LogP contribution in [0.2, 0.25) is 5.02 Å². The number of hydrogen-bond donors (Lipinski definition) is 0. The number of hydrogen-bond acceptors (Lipinski definition) is 1. The normalized spacial score (nSPS) is 10.8. The minimum atomic E-state index is -0.465. The van der Waals surface area contributed by atoms with Crippen LogP contribution >= 0.6 is 27.5 Å². The van der Waals surface area contributed by atoms with E-state index in [0.717, 1.165) is 6.07 Å². The predicted octanol–water partition coefficient (Wildman–Crippen LogP) is 4.95. The molecule has 0 saturated heterocycles. The lowest BCUT2D eigenvalue weighted by Crippen LogP contribution is -2.00. The van der Waals surface area contributed by atoms with E-state index in [1.165, 1.54) is 12.1 Å². The fourth-order valence-corrected chi connectivity index (χ4v) is 2.33. The molecule has 2 rings (SSSR count). The van der Waals surface area contributed by atoms with Gasteiger partial charge in [-0.1, -0.05) is 27.5 Å². The van der Waals surface area contributed by atoms with Crippen LogP contribution in [0.4, 0.5) is 8.78 Å². The van der Waals surface area contributed by atoms with Crippen molar-refractivity contribution in [2.75, 3.05) is 0 Å². The standard InChI is InChI=1S/C14H10BrClF2N/c1-2-13-14(18)11(6-9(7-15)19-13)10-4-3-8(17)5-12(10)16/h3-6H,1-2,7H2. The van der Waals surface area contributed by atoms with E-state index in [4.69, 9.17) is 11.6 Å². The SMILES string of the molecule is [CH2]Cc1nc(CBr)cc(-c2ccc(F)cc2Cl)c1F. The van der Waals surface area contributed by atoms with E-state index in [0.29, 0.717) is 22.2 Å². The number of rotatable bonds is 3. The second-order valence-corrected chi connectivity index (χ2v) is 4.90. The maximum absolute atomic E-state index is 14.3. The summed E-state index contributed by atoms with van der Waals surface area (Å²) < 4.78 is 27.3. The quantitative estimate of drug-likeness (QED) is 0.717. The average molecular weight is 346 g/mol. The molecule has 1 aromatic heterocycles. The molecule has 2 aromatic rings. The molecule has 0 atom stereocenters. The summed E-state index contributed by atoms with van der Waals surface area (Å²) in [5.41, 5.74) is 1.70. The number of nitrogens with zero attached hydrogens (tertiary/aromatic N) is 1. The Hall–Kier alpha value is -1.00. The smallest absolute Gasteiger partial charge is 0.152 e. The van der Waals surface area contributed by atoms with Crippen LogP contribution in [0.1, 0.15) is 11.4 Å². The Morgan fingerprint density at radius 1 is 1.21 bits per heavy atom. The second kappa shape index (κ2) is 5.97. The molecule has 99 valence electrons. The zero-order valence-electron chi connectivity index (χ0n) is 9.89. The third kappa shape index (κ3) is 2.95.